The molecule has 0 radical (unpaired) electrons. The molecular formula is C41H69N9O6S. The van der Waals surface area contributed by atoms with Crippen LogP contribution in [-0.4, -0.2) is 109 Å². The van der Waals surface area contributed by atoms with Gasteiger partial charge in [-0.15, -0.1) is 5.10 Å². The Labute approximate surface area is 344 Å². The minimum Gasteiger partial charge on any atom is -0.487 e. The number of aliphatic imine (C=N–C) groups is 1. The first kappa shape index (κ1) is 46.1. The second-order valence-corrected chi connectivity index (χ2v) is 16.0. The van der Waals surface area contributed by atoms with Crippen molar-refractivity contribution in [2.24, 2.45) is 10.7 Å². The number of rotatable bonds is 33. The molecule has 3 heterocycles. The number of nitrogens with zero attached hydrogens (tertiary/aromatic N) is 4. The average Bonchev–Trinajstić information content (AvgIpc) is 3.94. The number of nitrogens with one attached hydrogen (secondary N) is 4. The number of ether oxygens (including phenoxy) is 4. The van der Waals surface area contributed by atoms with E-state index in [2.05, 4.69) is 43.5 Å². The maximum atomic E-state index is 12.1. The van der Waals surface area contributed by atoms with Crippen LogP contribution in [-0.2, 0) is 38.7 Å². The SMILES string of the molecule is CCCCCCCCCCCCNC(N)=NCc1ccc(OCc2cn(CCOCCOCCOCCNC(=O)CCCC[C@@H]3SC[C@@H]4NC(=O)N[C@@H]43)nn2)cc1. The van der Waals surface area contributed by atoms with Crippen molar-refractivity contribution in [3.05, 3.63) is 41.7 Å². The maximum absolute atomic E-state index is 12.1. The Morgan fingerprint density at radius 1 is 0.877 bits per heavy atom. The van der Waals surface area contributed by atoms with E-state index < -0.39 is 0 Å². The minimum absolute atomic E-state index is 0.0442. The van der Waals surface area contributed by atoms with Crippen LogP contribution in [0.25, 0.3) is 0 Å². The van der Waals surface area contributed by atoms with Gasteiger partial charge in [-0.05, 0) is 37.0 Å². The first-order valence-corrected chi connectivity index (χ1v) is 22.4. The third kappa shape index (κ3) is 20.1. The van der Waals surface area contributed by atoms with Crippen molar-refractivity contribution in [2.45, 2.75) is 134 Å². The molecule has 3 amide bonds. The number of nitrogens with two attached hydrogens (primary N) is 1. The van der Waals surface area contributed by atoms with Gasteiger partial charge in [0, 0.05) is 30.5 Å². The van der Waals surface area contributed by atoms with E-state index in [0.717, 1.165) is 55.0 Å². The molecule has 2 aliphatic heterocycles. The van der Waals surface area contributed by atoms with Crippen LogP contribution in [0.1, 0.15) is 108 Å². The fraction of sp³-hybridized carbons (Fsp3) is 0.732. The zero-order valence-electron chi connectivity index (χ0n) is 34.2. The quantitative estimate of drug-likeness (QED) is 0.0280. The molecule has 320 valence electrons. The number of guanidine groups is 1. The number of thioether (sulfide) groups is 1. The van der Waals surface area contributed by atoms with Gasteiger partial charge in [-0.2, -0.15) is 11.8 Å². The van der Waals surface area contributed by atoms with Gasteiger partial charge in [-0.25, -0.2) is 14.5 Å². The van der Waals surface area contributed by atoms with Gasteiger partial charge in [0.05, 0.1) is 71.0 Å². The summed E-state index contributed by atoms with van der Waals surface area (Å²) >= 11 is 1.90. The van der Waals surface area contributed by atoms with Crippen LogP contribution < -0.4 is 31.7 Å². The average molecular weight is 816 g/mol. The largest absolute Gasteiger partial charge is 0.487 e. The number of amides is 3. The van der Waals surface area contributed by atoms with Gasteiger partial charge in [0.15, 0.2) is 5.96 Å². The normalized spacial score (nSPS) is 17.7. The lowest BCUT2D eigenvalue weighted by molar-refractivity contribution is -0.121. The van der Waals surface area contributed by atoms with E-state index in [-0.39, 0.29) is 24.0 Å². The van der Waals surface area contributed by atoms with Crippen molar-refractivity contribution in [3.63, 3.8) is 0 Å². The predicted molar refractivity (Wildman–Crippen MR) is 225 cm³/mol. The van der Waals surface area contributed by atoms with Gasteiger partial charge in [-0.3, -0.25) is 4.79 Å². The zero-order chi connectivity index (χ0) is 40.2. The first-order valence-electron chi connectivity index (χ1n) is 21.3. The molecule has 2 fully saturated rings. The van der Waals surface area contributed by atoms with Gasteiger partial charge in [0.1, 0.15) is 18.1 Å². The molecule has 0 bridgehead atoms. The zero-order valence-corrected chi connectivity index (χ0v) is 35.0. The molecule has 16 heteroatoms. The monoisotopic (exact) mass is 816 g/mol. The highest BCUT2D eigenvalue weighted by molar-refractivity contribution is 8.00. The number of hydrogen-bond donors (Lipinski definition) is 5. The van der Waals surface area contributed by atoms with Gasteiger partial charge < -0.3 is 45.9 Å². The number of fused-ring (bicyclic) bond motifs is 1. The van der Waals surface area contributed by atoms with Gasteiger partial charge >= 0.3 is 6.03 Å². The summed E-state index contributed by atoms with van der Waals surface area (Å²) in [5.41, 5.74) is 7.87. The van der Waals surface area contributed by atoms with Crippen LogP contribution in [0.15, 0.2) is 35.5 Å². The topological polar surface area (TPSA) is 188 Å². The Kier molecular flexibility index (Phi) is 23.2. The lowest BCUT2D eigenvalue weighted by Gasteiger charge is -2.16. The van der Waals surface area contributed by atoms with Crippen molar-refractivity contribution < 1.29 is 28.5 Å². The summed E-state index contributed by atoms with van der Waals surface area (Å²) in [6, 6.07) is 8.25. The highest BCUT2D eigenvalue weighted by atomic mass is 32.2. The number of urea groups is 1. The highest BCUT2D eigenvalue weighted by Gasteiger charge is 2.42. The van der Waals surface area contributed by atoms with Crippen LogP contribution in [0.3, 0.4) is 0 Å². The second-order valence-electron chi connectivity index (χ2n) is 14.8. The van der Waals surface area contributed by atoms with Crippen LogP contribution in [0.4, 0.5) is 4.79 Å². The molecule has 0 saturated carbocycles. The molecule has 57 heavy (non-hydrogen) atoms. The molecule has 3 atom stereocenters. The standard InChI is InChI=1S/C41H69N9O6S/c1-2-3-4-5-6-7-8-9-10-13-20-44-40(42)45-29-33-16-18-35(19-17-33)56-31-34-30-50(49-48-34)22-24-54-26-28-55-27-25-53-23-21-43-38(51)15-12-11-14-37-39-36(32-57-37)46-41(52)47-39/h16-19,30,36-37,39H,2-15,20-29,31-32H2,1H3,(H,43,51)(H3,42,44,45)(H2,46,47,52)/t36-,37-,39-/m0/s1. The number of unbranched alkanes of at least 4 members (excludes halogenated alkanes) is 10. The smallest absolute Gasteiger partial charge is 0.315 e. The lowest BCUT2D eigenvalue weighted by atomic mass is 10.0. The third-order valence-corrected chi connectivity index (χ3v) is 11.5. The molecule has 2 aromatic rings. The molecule has 4 rings (SSSR count). The fourth-order valence-corrected chi connectivity index (χ4v) is 8.29. The molecule has 0 aliphatic carbocycles. The first-order chi connectivity index (χ1) is 28.0. The highest BCUT2D eigenvalue weighted by Crippen LogP contribution is 2.33. The van der Waals surface area contributed by atoms with Gasteiger partial charge in [0.2, 0.25) is 5.91 Å². The Hall–Kier alpha value is -3.60. The van der Waals surface area contributed by atoms with Crippen LogP contribution in [0.5, 0.6) is 5.75 Å². The molecular weight excluding hydrogens is 747 g/mol. The summed E-state index contributed by atoms with van der Waals surface area (Å²) < 4.78 is 24.4. The summed E-state index contributed by atoms with van der Waals surface area (Å²) in [6.07, 6.45) is 18.4. The Morgan fingerprint density at radius 2 is 1.58 bits per heavy atom. The van der Waals surface area contributed by atoms with E-state index in [1.807, 2.05) is 42.2 Å². The Morgan fingerprint density at radius 3 is 2.33 bits per heavy atom. The molecule has 1 aromatic heterocycles. The number of carbonyl (C=O) groups excluding carboxylic acids is 2. The van der Waals surface area contributed by atoms with Gasteiger partial charge in [0.25, 0.3) is 0 Å². The predicted octanol–water partition coefficient (Wildman–Crippen LogP) is 5.07. The Bertz CT molecular complexity index is 1420. The summed E-state index contributed by atoms with van der Waals surface area (Å²) in [5.74, 6) is 2.24. The molecule has 15 nitrogen and oxygen atoms in total. The van der Waals surface area contributed by atoms with E-state index in [4.69, 9.17) is 24.7 Å². The van der Waals surface area contributed by atoms with Crippen molar-refractivity contribution in [1.82, 2.24) is 36.3 Å². The van der Waals surface area contributed by atoms with Gasteiger partial charge in [-0.1, -0.05) is 88.5 Å². The van der Waals surface area contributed by atoms with E-state index >= 15 is 0 Å². The number of aromatic nitrogens is 3. The fourth-order valence-electron chi connectivity index (χ4n) is 6.75. The Balaban J connectivity index is 0.898. The number of hydrogen-bond acceptors (Lipinski definition) is 10. The number of carbonyl (C=O) groups is 2. The summed E-state index contributed by atoms with van der Waals surface area (Å²) in [7, 11) is 0. The minimum atomic E-state index is -0.0592. The summed E-state index contributed by atoms with van der Waals surface area (Å²) in [5, 5.41) is 20.9. The van der Waals surface area contributed by atoms with Crippen molar-refractivity contribution in [3.8, 4) is 5.75 Å². The van der Waals surface area contributed by atoms with Crippen LogP contribution >= 0.6 is 11.8 Å². The molecule has 2 saturated heterocycles. The summed E-state index contributed by atoms with van der Waals surface area (Å²) in [4.78, 5) is 28.1. The summed E-state index contributed by atoms with van der Waals surface area (Å²) in [6.45, 7) is 7.80. The van der Waals surface area contributed by atoms with Crippen molar-refractivity contribution >= 4 is 29.7 Å². The third-order valence-electron chi connectivity index (χ3n) is 10.0. The maximum Gasteiger partial charge on any atom is 0.315 e. The molecule has 2 aliphatic rings. The van der Waals surface area contributed by atoms with Crippen molar-refractivity contribution in [1.29, 1.82) is 0 Å². The molecule has 0 spiro atoms. The van der Waals surface area contributed by atoms with Crippen molar-refractivity contribution in [2.75, 3.05) is 58.5 Å². The van der Waals surface area contributed by atoms with E-state index in [1.165, 1.54) is 57.8 Å². The second kappa shape index (κ2) is 28.7. The molecule has 0 unspecified atom stereocenters. The molecule has 6 N–H and O–H groups in total. The number of benzene rings is 1. The van der Waals surface area contributed by atoms with E-state index in [1.54, 1.807) is 4.68 Å². The molecule has 1 aromatic carbocycles. The van der Waals surface area contributed by atoms with E-state index in [9.17, 15) is 9.59 Å². The van der Waals surface area contributed by atoms with E-state index in [0.29, 0.717) is 83.5 Å². The van der Waals surface area contributed by atoms with Crippen LogP contribution in [0, 0.1) is 0 Å². The lowest BCUT2D eigenvalue weighted by Crippen LogP contribution is -2.36. The van der Waals surface area contributed by atoms with Crippen LogP contribution in [0.2, 0.25) is 0 Å².